The fourth-order valence-electron chi connectivity index (χ4n) is 0.314. The summed E-state index contributed by atoms with van der Waals surface area (Å²) in [4.78, 5) is 17.7. The van der Waals surface area contributed by atoms with Gasteiger partial charge in [0.15, 0.2) is 0 Å². The molecule has 0 radical (unpaired) electrons. The Hall–Kier alpha value is 0.400. The van der Waals surface area contributed by atoms with E-state index < -0.39 is 6.49 Å². The van der Waals surface area contributed by atoms with Crippen LogP contribution in [0.15, 0.2) is 11.6 Å². The SMILES string of the molecule is COC=C(CCl)P(O)(O)=S. The molecule has 0 heterocycles. The van der Waals surface area contributed by atoms with Crippen LogP contribution in [0.1, 0.15) is 0 Å². The Balaban J connectivity index is 4.37. The fourth-order valence-corrected chi connectivity index (χ4v) is 1.81. The van der Waals surface area contributed by atoms with E-state index in [4.69, 9.17) is 21.4 Å². The average molecular weight is 203 g/mol. The third-order valence-corrected chi connectivity index (χ3v) is 2.95. The molecule has 0 aliphatic rings. The first-order valence-electron chi connectivity index (χ1n) is 2.36. The summed E-state index contributed by atoms with van der Waals surface area (Å²) in [6.45, 7) is -3.35. The van der Waals surface area contributed by atoms with Gasteiger partial charge in [0.25, 0.3) is 0 Å². The van der Waals surface area contributed by atoms with Gasteiger partial charge in [0.1, 0.15) is 0 Å². The van der Waals surface area contributed by atoms with Gasteiger partial charge in [-0.15, -0.1) is 11.6 Å². The highest BCUT2D eigenvalue weighted by Gasteiger charge is 2.14. The van der Waals surface area contributed by atoms with Crippen molar-refractivity contribution in [2.45, 2.75) is 0 Å². The molecule has 0 atom stereocenters. The highest BCUT2D eigenvalue weighted by atomic mass is 35.5. The number of ether oxygens (including phenoxy) is 1. The minimum absolute atomic E-state index is 0.0158. The van der Waals surface area contributed by atoms with Crippen LogP contribution >= 0.6 is 18.1 Å². The zero-order valence-corrected chi connectivity index (χ0v) is 7.79. The number of alkyl halides is 1. The zero-order chi connectivity index (χ0) is 8.20. The topological polar surface area (TPSA) is 49.7 Å². The monoisotopic (exact) mass is 202 g/mol. The van der Waals surface area contributed by atoms with Crippen LogP contribution in [0, 0.1) is 0 Å². The predicted octanol–water partition coefficient (Wildman–Crippen LogP) is 1.01. The Morgan fingerprint density at radius 3 is 2.40 bits per heavy atom. The van der Waals surface area contributed by atoms with Gasteiger partial charge in [0.2, 0.25) is 6.49 Å². The normalized spacial score (nSPS) is 13.4. The van der Waals surface area contributed by atoms with Crippen LogP contribution in [-0.2, 0) is 16.5 Å². The molecule has 0 aromatic carbocycles. The van der Waals surface area contributed by atoms with Gasteiger partial charge in [0, 0.05) is 0 Å². The molecule has 0 aromatic rings. The lowest BCUT2D eigenvalue weighted by molar-refractivity contribution is 0.335. The van der Waals surface area contributed by atoms with Crippen LogP contribution in [0.3, 0.4) is 0 Å². The summed E-state index contributed by atoms with van der Waals surface area (Å²) in [5.41, 5.74) is 0. The second-order valence-corrected chi connectivity index (χ2v) is 4.98. The third kappa shape index (κ3) is 3.54. The first-order valence-corrected chi connectivity index (χ1v) is 5.60. The first-order chi connectivity index (χ1) is 4.52. The Labute approximate surface area is 69.4 Å². The van der Waals surface area contributed by atoms with Crippen LogP contribution in [0.5, 0.6) is 0 Å². The summed E-state index contributed by atoms with van der Waals surface area (Å²) in [6, 6.07) is 0. The van der Waals surface area contributed by atoms with Crippen molar-refractivity contribution in [3.05, 3.63) is 11.6 Å². The van der Waals surface area contributed by atoms with Crippen LogP contribution in [-0.4, -0.2) is 22.8 Å². The van der Waals surface area contributed by atoms with Crippen molar-refractivity contribution in [2.24, 2.45) is 0 Å². The number of hydrogen-bond donors (Lipinski definition) is 2. The molecular weight excluding hydrogens is 195 g/mol. The summed E-state index contributed by atoms with van der Waals surface area (Å²) >= 11 is 9.68. The molecule has 0 spiro atoms. The number of rotatable bonds is 3. The van der Waals surface area contributed by atoms with Crippen molar-refractivity contribution in [3.8, 4) is 0 Å². The van der Waals surface area contributed by atoms with Crippen molar-refractivity contribution >= 4 is 29.9 Å². The molecule has 3 nitrogen and oxygen atoms in total. The number of methoxy groups -OCH3 is 1. The summed E-state index contributed by atoms with van der Waals surface area (Å²) in [5, 5.41) is 0.159. The van der Waals surface area contributed by atoms with E-state index in [0.717, 1.165) is 6.26 Å². The van der Waals surface area contributed by atoms with E-state index in [0.29, 0.717) is 0 Å². The zero-order valence-electron chi connectivity index (χ0n) is 5.32. The molecule has 10 heavy (non-hydrogen) atoms. The fraction of sp³-hybridized carbons (Fsp3) is 0.500. The first kappa shape index (κ1) is 10.4. The molecule has 0 aliphatic carbocycles. The van der Waals surface area contributed by atoms with E-state index in [1.54, 1.807) is 0 Å². The van der Waals surface area contributed by atoms with Crippen molar-refractivity contribution < 1.29 is 14.5 Å². The minimum Gasteiger partial charge on any atom is -0.504 e. The number of halogens is 1. The van der Waals surface area contributed by atoms with Crippen molar-refractivity contribution in [1.29, 1.82) is 0 Å². The molecular formula is C4H8ClO3PS. The second-order valence-electron chi connectivity index (χ2n) is 1.52. The quantitative estimate of drug-likeness (QED) is 0.407. The summed E-state index contributed by atoms with van der Waals surface area (Å²) in [6.07, 6.45) is 1.16. The van der Waals surface area contributed by atoms with Gasteiger partial charge in [-0.25, -0.2) is 0 Å². The van der Waals surface area contributed by atoms with Gasteiger partial charge in [-0.05, 0) is 11.8 Å². The van der Waals surface area contributed by atoms with Crippen LogP contribution < -0.4 is 0 Å². The smallest absolute Gasteiger partial charge is 0.214 e. The molecule has 0 rings (SSSR count). The molecule has 0 unspecified atom stereocenters. The Kier molecular flexibility index (Phi) is 4.49. The summed E-state index contributed by atoms with van der Waals surface area (Å²) in [5.74, 6) is -0.0158. The van der Waals surface area contributed by atoms with Gasteiger partial charge in [0.05, 0.1) is 24.6 Å². The van der Waals surface area contributed by atoms with Gasteiger partial charge < -0.3 is 14.5 Å². The lowest BCUT2D eigenvalue weighted by Crippen LogP contribution is -1.87. The van der Waals surface area contributed by atoms with E-state index in [9.17, 15) is 0 Å². The van der Waals surface area contributed by atoms with E-state index in [2.05, 4.69) is 16.5 Å². The summed E-state index contributed by atoms with van der Waals surface area (Å²) in [7, 11) is 1.39. The molecule has 0 amide bonds. The Morgan fingerprint density at radius 1 is 1.80 bits per heavy atom. The van der Waals surface area contributed by atoms with Gasteiger partial charge in [-0.2, -0.15) is 0 Å². The van der Waals surface area contributed by atoms with E-state index in [1.807, 2.05) is 0 Å². The van der Waals surface area contributed by atoms with Crippen molar-refractivity contribution in [2.75, 3.05) is 13.0 Å². The van der Waals surface area contributed by atoms with E-state index in [-0.39, 0.29) is 11.2 Å². The van der Waals surface area contributed by atoms with Crippen molar-refractivity contribution in [3.63, 3.8) is 0 Å². The second kappa shape index (κ2) is 4.31. The highest BCUT2D eigenvalue weighted by Crippen LogP contribution is 2.45. The molecule has 60 valence electrons. The Morgan fingerprint density at radius 2 is 2.30 bits per heavy atom. The van der Waals surface area contributed by atoms with Gasteiger partial charge in [-0.1, -0.05) is 0 Å². The summed E-state index contributed by atoms with van der Waals surface area (Å²) < 4.78 is 4.52. The van der Waals surface area contributed by atoms with Crippen LogP contribution in [0.4, 0.5) is 0 Å². The van der Waals surface area contributed by atoms with Crippen molar-refractivity contribution in [1.82, 2.24) is 0 Å². The van der Waals surface area contributed by atoms with Crippen LogP contribution in [0.25, 0.3) is 0 Å². The maximum atomic E-state index is 8.86. The standard InChI is InChI=1S/C4H8ClO3PS/c1-8-3-4(2-5)9(6,7)10/h3H,2H2,1H3,(H2,6,7,10). The lowest BCUT2D eigenvalue weighted by Gasteiger charge is -2.07. The largest absolute Gasteiger partial charge is 0.504 e. The van der Waals surface area contributed by atoms with Gasteiger partial charge in [-0.3, -0.25) is 0 Å². The maximum absolute atomic E-state index is 8.86. The lowest BCUT2D eigenvalue weighted by atomic mass is 10.7. The van der Waals surface area contributed by atoms with Gasteiger partial charge >= 0.3 is 0 Å². The minimum atomic E-state index is -3.35. The molecule has 0 bridgehead atoms. The molecule has 6 heteroatoms. The molecule has 0 aromatic heterocycles. The molecule has 2 N–H and O–H groups in total. The number of allylic oxidation sites excluding steroid dienone is 1. The molecule has 0 fully saturated rings. The van der Waals surface area contributed by atoms with E-state index in [1.165, 1.54) is 7.11 Å². The highest BCUT2D eigenvalue weighted by molar-refractivity contribution is 8.11. The predicted molar refractivity (Wildman–Crippen MR) is 44.5 cm³/mol. The molecule has 0 aliphatic heterocycles. The van der Waals surface area contributed by atoms with Crippen LogP contribution in [0.2, 0.25) is 0 Å². The average Bonchev–Trinajstić information content (AvgIpc) is 1.80. The third-order valence-electron chi connectivity index (χ3n) is 0.765. The Bertz CT molecular complexity index is 175. The maximum Gasteiger partial charge on any atom is 0.214 e. The molecule has 0 saturated carbocycles. The number of hydrogen-bond acceptors (Lipinski definition) is 2. The molecule has 0 saturated heterocycles. The van der Waals surface area contributed by atoms with E-state index >= 15 is 0 Å².